The standard InChI is InChI=1S/C16H14F2N2O4S/c1-9-13(14(22)23-2)25-16(19-9)20-12(21)8-7-10-5-3-4-6-11(10)24-15(17)18/h3-8,15H,1-2H3,(H,19,20,21)/b8-7+. The van der Waals surface area contributed by atoms with E-state index in [4.69, 9.17) is 0 Å². The fourth-order valence-electron chi connectivity index (χ4n) is 1.87. The van der Waals surface area contributed by atoms with Gasteiger partial charge in [0.2, 0.25) is 5.91 Å². The number of carbonyl (C=O) groups is 2. The number of thiazole rings is 1. The number of benzene rings is 1. The molecule has 0 aliphatic carbocycles. The Labute approximate surface area is 146 Å². The van der Waals surface area contributed by atoms with Crippen LogP contribution in [0.3, 0.4) is 0 Å². The van der Waals surface area contributed by atoms with Gasteiger partial charge in [0.25, 0.3) is 0 Å². The number of rotatable bonds is 6. The topological polar surface area (TPSA) is 77.5 Å². The van der Waals surface area contributed by atoms with Gasteiger partial charge in [-0.25, -0.2) is 9.78 Å². The number of carbonyl (C=O) groups excluding carboxylic acids is 2. The van der Waals surface area contributed by atoms with E-state index in [0.717, 1.165) is 17.4 Å². The second kappa shape index (κ2) is 8.34. The lowest BCUT2D eigenvalue weighted by atomic mass is 10.2. The zero-order chi connectivity index (χ0) is 18.4. The largest absolute Gasteiger partial charge is 0.465 e. The van der Waals surface area contributed by atoms with Crippen molar-refractivity contribution in [1.82, 2.24) is 4.98 Å². The van der Waals surface area contributed by atoms with E-state index >= 15 is 0 Å². The minimum Gasteiger partial charge on any atom is -0.465 e. The van der Waals surface area contributed by atoms with Gasteiger partial charge in [-0.05, 0) is 19.1 Å². The first-order valence-corrected chi connectivity index (χ1v) is 7.81. The normalized spacial score (nSPS) is 10.9. The van der Waals surface area contributed by atoms with E-state index in [-0.39, 0.29) is 15.8 Å². The Kier molecular flexibility index (Phi) is 6.18. The predicted octanol–water partition coefficient (Wildman–Crippen LogP) is 3.49. The van der Waals surface area contributed by atoms with Gasteiger partial charge in [0, 0.05) is 11.6 Å². The summed E-state index contributed by atoms with van der Waals surface area (Å²) in [5.41, 5.74) is 0.760. The molecule has 25 heavy (non-hydrogen) atoms. The first-order valence-electron chi connectivity index (χ1n) is 6.99. The molecule has 0 fully saturated rings. The summed E-state index contributed by atoms with van der Waals surface area (Å²) >= 11 is 0.978. The average molecular weight is 368 g/mol. The molecule has 9 heteroatoms. The zero-order valence-corrected chi connectivity index (χ0v) is 14.1. The maximum absolute atomic E-state index is 12.4. The molecular formula is C16H14F2N2O4S. The number of nitrogens with one attached hydrogen (secondary N) is 1. The van der Waals surface area contributed by atoms with Gasteiger partial charge in [-0.2, -0.15) is 8.78 Å². The van der Waals surface area contributed by atoms with Crippen molar-refractivity contribution in [2.45, 2.75) is 13.5 Å². The number of halogens is 2. The summed E-state index contributed by atoms with van der Waals surface area (Å²) in [6.07, 6.45) is 2.50. The lowest BCUT2D eigenvalue weighted by Gasteiger charge is -2.07. The number of amides is 1. The van der Waals surface area contributed by atoms with Gasteiger partial charge >= 0.3 is 12.6 Å². The summed E-state index contributed by atoms with van der Waals surface area (Å²) in [6.45, 7) is -1.34. The molecule has 6 nitrogen and oxygen atoms in total. The number of nitrogens with zero attached hydrogens (tertiary/aromatic N) is 1. The van der Waals surface area contributed by atoms with Crippen LogP contribution >= 0.6 is 11.3 Å². The molecule has 0 bridgehead atoms. The van der Waals surface area contributed by atoms with Crippen molar-refractivity contribution in [1.29, 1.82) is 0 Å². The van der Waals surface area contributed by atoms with Gasteiger partial charge in [-0.1, -0.05) is 29.5 Å². The molecule has 2 rings (SSSR count). The maximum atomic E-state index is 12.4. The van der Waals surface area contributed by atoms with Crippen LogP contribution in [-0.2, 0) is 9.53 Å². The lowest BCUT2D eigenvalue weighted by Crippen LogP contribution is -2.07. The van der Waals surface area contributed by atoms with Crippen molar-refractivity contribution in [2.75, 3.05) is 12.4 Å². The summed E-state index contributed by atoms with van der Waals surface area (Å²) in [5, 5.41) is 2.72. The molecule has 0 saturated heterocycles. The molecule has 1 aromatic carbocycles. The van der Waals surface area contributed by atoms with Crippen LogP contribution in [0.2, 0.25) is 0 Å². The van der Waals surface area contributed by atoms with Crippen LogP contribution in [0.25, 0.3) is 6.08 Å². The molecule has 2 aromatic rings. The number of ether oxygens (including phenoxy) is 2. The van der Waals surface area contributed by atoms with Crippen molar-refractivity contribution in [2.24, 2.45) is 0 Å². The van der Waals surface area contributed by atoms with E-state index in [1.807, 2.05) is 0 Å². The Balaban J connectivity index is 2.08. The summed E-state index contributed by atoms with van der Waals surface area (Å²) < 4.78 is 33.7. The molecule has 0 radical (unpaired) electrons. The fourth-order valence-corrected chi connectivity index (χ4v) is 2.75. The smallest absolute Gasteiger partial charge is 0.387 e. The number of methoxy groups -OCH3 is 1. The Morgan fingerprint density at radius 1 is 1.32 bits per heavy atom. The molecule has 1 N–H and O–H groups in total. The number of alkyl halides is 2. The molecule has 0 aliphatic heterocycles. The monoisotopic (exact) mass is 368 g/mol. The van der Waals surface area contributed by atoms with E-state index in [1.54, 1.807) is 19.1 Å². The third-order valence-corrected chi connectivity index (χ3v) is 4.00. The van der Waals surface area contributed by atoms with Gasteiger partial charge in [0.05, 0.1) is 12.8 Å². The quantitative estimate of drug-likeness (QED) is 0.624. The van der Waals surface area contributed by atoms with Crippen molar-refractivity contribution in [3.8, 4) is 5.75 Å². The van der Waals surface area contributed by atoms with Crippen LogP contribution in [0.5, 0.6) is 5.75 Å². The number of esters is 1. The number of anilines is 1. The van der Waals surface area contributed by atoms with Gasteiger partial charge in [-0.3, -0.25) is 10.1 Å². The average Bonchev–Trinajstić information content (AvgIpc) is 2.93. The van der Waals surface area contributed by atoms with Crippen molar-refractivity contribution >= 4 is 34.4 Å². The molecule has 0 atom stereocenters. The summed E-state index contributed by atoms with van der Waals surface area (Å²) in [5.74, 6) is -1.11. The van der Waals surface area contributed by atoms with Crippen LogP contribution in [0.4, 0.5) is 13.9 Å². The van der Waals surface area contributed by atoms with Gasteiger partial charge in [-0.15, -0.1) is 0 Å². The summed E-state index contributed by atoms with van der Waals surface area (Å²) in [7, 11) is 1.25. The van der Waals surface area contributed by atoms with Crippen LogP contribution in [0.1, 0.15) is 20.9 Å². The summed E-state index contributed by atoms with van der Waals surface area (Å²) in [4.78, 5) is 27.8. The second-order valence-corrected chi connectivity index (χ2v) is 5.66. The number of aryl methyl sites for hydroxylation is 1. The minimum absolute atomic E-state index is 0.0420. The van der Waals surface area contributed by atoms with E-state index in [2.05, 4.69) is 19.8 Å². The number of hydrogen-bond acceptors (Lipinski definition) is 6. The SMILES string of the molecule is COC(=O)c1sc(NC(=O)/C=C/c2ccccc2OC(F)F)nc1C. The molecular weight excluding hydrogens is 354 g/mol. The van der Waals surface area contributed by atoms with Crippen LogP contribution in [-0.4, -0.2) is 30.6 Å². The van der Waals surface area contributed by atoms with E-state index in [0.29, 0.717) is 11.3 Å². The van der Waals surface area contributed by atoms with Gasteiger partial charge < -0.3 is 9.47 Å². The van der Waals surface area contributed by atoms with Crippen LogP contribution in [0, 0.1) is 6.92 Å². The highest BCUT2D eigenvalue weighted by Crippen LogP contribution is 2.24. The summed E-state index contributed by atoms with van der Waals surface area (Å²) in [6, 6.07) is 6.07. The molecule has 0 aliphatic rings. The van der Waals surface area contributed by atoms with E-state index in [9.17, 15) is 18.4 Å². The van der Waals surface area contributed by atoms with Crippen molar-refractivity contribution in [3.05, 3.63) is 46.5 Å². The minimum atomic E-state index is -2.96. The fraction of sp³-hybridized carbons (Fsp3) is 0.188. The van der Waals surface area contributed by atoms with Crippen molar-refractivity contribution < 1.29 is 27.8 Å². The molecule has 0 spiro atoms. The van der Waals surface area contributed by atoms with Gasteiger partial charge in [0.1, 0.15) is 10.6 Å². The molecule has 1 heterocycles. The van der Waals surface area contributed by atoms with Gasteiger partial charge in [0.15, 0.2) is 5.13 Å². The second-order valence-electron chi connectivity index (χ2n) is 4.66. The van der Waals surface area contributed by atoms with Crippen LogP contribution in [0.15, 0.2) is 30.3 Å². The first-order chi connectivity index (χ1) is 11.9. The van der Waals surface area contributed by atoms with E-state index < -0.39 is 18.5 Å². The Hall–Kier alpha value is -2.81. The molecule has 1 aromatic heterocycles. The number of aromatic nitrogens is 1. The third kappa shape index (κ3) is 5.08. The first kappa shape index (κ1) is 18.5. The molecule has 132 valence electrons. The highest BCUT2D eigenvalue weighted by atomic mass is 32.1. The highest BCUT2D eigenvalue weighted by Gasteiger charge is 2.16. The lowest BCUT2D eigenvalue weighted by molar-refractivity contribution is -0.111. The Morgan fingerprint density at radius 3 is 2.72 bits per heavy atom. The predicted molar refractivity (Wildman–Crippen MR) is 88.9 cm³/mol. The maximum Gasteiger partial charge on any atom is 0.387 e. The van der Waals surface area contributed by atoms with Crippen LogP contribution < -0.4 is 10.1 Å². The Morgan fingerprint density at radius 2 is 2.04 bits per heavy atom. The van der Waals surface area contributed by atoms with E-state index in [1.165, 1.54) is 25.3 Å². The number of hydrogen-bond donors (Lipinski definition) is 1. The Bertz CT molecular complexity index is 805. The molecule has 0 saturated carbocycles. The van der Waals surface area contributed by atoms with Crippen molar-refractivity contribution in [3.63, 3.8) is 0 Å². The zero-order valence-electron chi connectivity index (χ0n) is 13.3. The third-order valence-electron chi connectivity index (χ3n) is 2.95. The molecule has 1 amide bonds. The highest BCUT2D eigenvalue weighted by molar-refractivity contribution is 7.17. The number of para-hydroxylation sites is 1. The molecule has 0 unspecified atom stereocenters.